The highest BCUT2D eigenvalue weighted by molar-refractivity contribution is 5.97. The summed E-state index contributed by atoms with van der Waals surface area (Å²) in [5, 5.41) is 46.2. The molecule has 6 rings (SSSR count). The van der Waals surface area contributed by atoms with Gasteiger partial charge in [-0.05, 0) is 94.5 Å². The first-order chi connectivity index (χ1) is 16.2. The van der Waals surface area contributed by atoms with Crippen LogP contribution in [-0.4, -0.2) is 61.2 Å². The number of hydrogen-bond acceptors (Lipinski definition) is 7. The molecular formula is C28H40O7. The molecule has 0 radical (unpaired) electrons. The van der Waals surface area contributed by atoms with Crippen LogP contribution in [0, 0.1) is 39.9 Å². The first-order valence-electron chi connectivity index (χ1n) is 13.4. The number of ketones is 1. The zero-order valence-corrected chi connectivity index (χ0v) is 21.3. The molecule has 0 aromatic heterocycles. The lowest BCUT2D eigenvalue weighted by Gasteiger charge is -2.63. The summed E-state index contributed by atoms with van der Waals surface area (Å²) >= 11 is 0. The highest BCUT2D eigenvalue weighted by Gasteiger charge is 2.74. The van der Waals surface area contributed by atoms with E-state index < -0.39 is 51.2 Å². The summed E-state index contributed by atoms with van der Waals surface area (Å²) in [6.07, 6.45) is 6.32. The van der Waals surface area contributed by atoms with E-state index in [1.165, 1.54) is 6.92 Å². The van der Waals surface area contributed by atoms with Gasteiger partial charge in [0.05, 0.1) is 17.1 Å². The van der Waals surface area contributed by atoms with Crippen molar-refractivity contribution in [1.82, 2.24) is 0 Å². The molecule has 0 aromatic carbocycles. The van der Waals surface area contributed by atoms with Gasteiger partial charge in [0.1, 0.15) is 11.7 Å². The molecule has 1 aliphatic heterocycles. The summed E-state index contributed by atoms with van der Waals surface area (Å²) in [6.45, 7) is 7.44. The van der Waals surface area contributed by atoms with Gasteiger partial charge < -0.3 is 25.2 Å². The second-order valence-electron chi connectivity index (χ2n) is 13.7. The van der Waals surface area contributed by atoms with E-state index in [1.54, 1.807) is 12.2 Å². The van der Waals surface area contributed by atoms with Crippen LogP contribution in [0.1, 0.15) is 79.1 Å². The summed E-state index contributed by atoms with van der Waals surface area (Å²) in [7, 11) is 0. The molecule has 4 N–H and O–H groups in total. The summed E-state index contributed by atoms with van der Waals surface area (Å²) in [5.74, 6) is -0.934. The zero-order chi connectivity index (χ0) is 25.4. The van der Waals surface area contributed by atoms with Gasteiger partial charge in [0.2, 0.25) is 0 Å². The van der Waals surface area contributed by atoms with Crippen LogP contribution in [-0.2, 0) is 14.3 Å². The fourth-order valence-corrected chi connectivity index (χ4v) is 10.2. The van der Waals surface area contributed by atoms with Crippen LogP contribution in [0.15, 0.2) is 12.2 Å². The van der Waals surface area contributed by atoms with E-state index in [1.807, 2.05) is 13.8 Å². The molecule has 7 nitrogen and oxygen atoms in total. The number of ether oxygens (including phenoxy) is 1. The van der Waals surface area contributed by atoms with Gasteiger partial charge >= 0.3 is 5.97 Å². The second-order valence-corrected chi connectivity index (χ2v) is 13.7. The SMILES string of the molecule is C[C@@]12C[C@@H]([C@]3(O)CC[C@H]4[C@@H]5C[C@@H](O)[C@@]6(O)CC=CC(=O)[C@]6(C)[C@@H]5CC[C@@]43C)[C@@H](C1)OC(=O)[C@]2(C)O. The van der Waals surface area contributed by atoms with Crippen molar-refractivity contribution in [1.29, 1.82) is 0 Å². The maximum atomic E-state index is 13.2. The van der Waals surface area contributed by atoms with Crippen molar-refractivity contribution in [2.75, 3.05) is 0 Å². The van der Waals surface area contributed by atoms with Gasteiger partial charge in [0, 0.05) is 11.3 Å². The average molecular weight is 489 g/mol. The maximum Gasteiger partial charge on any atom is 0.338 e. The monoisotopic (exact) mass is 488 g/mol. The standard InChI is InChI=1S/C28H40O7/c1-23-13-18(19(14-23)35-22(31)26(23,4)32)27(33)11-8-16-15-12-21(30)28(34)9-5-6-20(29)25(28,3)17(15)7-10-24(16,27)2/h5-6,15-19,21,30,32-34H,7-14H2,1-4H3/t15-,16-,17+,18+,19+,21+,23+,24-,25-,26-,27+,28-/m0/s1. The molecule has 35 heavy (non-hydrogen) atoms. The molecule has 7 heteroatoms. The average Bonchev–Trinajstić information content (AvgIpc) is 3.24. The van der Waals surface area contributed by atoms with Crippen molar-refractivity contribution in [3.05, 3.63) is 12.2 Å². The largest absolute Gasteiger partial charge is 0.460 e. The van der Waals surface area contributed by atoms with Gasteiger partial charge in [-0.2, -0.15) is 0 Å². The number of carbonyl (C=O) groups excluding carboxylic acids is 2. The quantitative estimate of drug-likeness (QED) is 0.418. The van der Waals surface area contributed by atoms with Gasteiger partial charge in [0.25, 0.3) is 0 Å². The number of fused-ring (bicyclic) bond motifs is 7. The minimum Gasteiger partial charge on any atom is -0.460 e. The third-order valence-corrected chi connectivity index (χ3v) is 12.8. The molecule has 0 spiro atoms. The normalized spacial score (nSPS) is 61.1. The lowest BCUT2D eigenvalue weighted by molar-refractivity contribution is -0.241. The van der Waals surface area contributed by atoms with E-state index in [0.717, 1.165) is 6.42 Å². The predicted molar refractivity (Wildman–Crippen MR) is 126 cm³/mol. The zero-order valence-electron chi connectivity index (χ0n) is 21.3. The summed E-state index contributed by atoms with van der Waals surface area (Å²) < 4.78 is 5.74. The molecule has 4 saturated carbocycles. The van der Waals surface area contributed by atoms with Crippen molar-refractivity contribution in [2.45, 2.75) is 108 Å². The molecule has 5 aliphatic carbocycles. The first kappa shape index (κ1) is 24.1. The van der Waals surface area contributed by atoms with Crippen LogP contribution in [0.4, 0.5) is 0 Å². The Morgan fingerprint density at radius 3 is 2.31 bits per heavy atom. The number of esters is 1. The fourth-order valence-electron chi connectivity index (χ4n) is 10.2. The van der Waals surface area contributed by atoms with Crippen LogP contribution in [0.3, 0.4) is 0 Å². The molecule has 0 aromatic rings. The van der Waals surface area contributed by atoms with Crippen molar-refractivity contribution < 1.29 is 34.8 Å². The lowest BCUT2D eigenvalue weighted by atomic mass is 9.42. The third kappa shape index (κ3) is 2.52. The van der Waals surface area contributed by atoms with Crippen LogP contribution in [0.2, 0.25) is 0 Å². The van der Waals surface area contributed by atoms with Crippen molar-refractivity contribution in [3.63, 3.8) is 0 Å². The molecule has 12 atom stereocenters. The van der Waals surface area contributed by atoms with E-state index in [-0.39, 0.29) is 35.9 Å². The number of aliphatic hydroxyl groups is 4. The van der Waals surface area contributed by atoms with E-state index in [4.69, 9.17) is 4.74 Å². The Labute approximate surface area is 206 Å². The van der Waals surface area contributed by atoms with E-state index in [0.29, 0.717) is 38.5 Å². The van der Waals surface area contributed by atoms with Crippen molar-refractivity contribution >= 4 is 11.8 Å². The Balaban J connectivity index is 1.36. The molecule has 194 valence electrons. The number of carbonyl (C=O) groups is 2. The highest BCUT2D eigenvalue weighted by Crippen LogP contribution is 2.71. The molecule has 0 amide bonds. The van der Waals surface area contributed by atoms with Crippen LogP contribution in [0.25, 0.3) is 0 Å². The number of allylic oxidation sites excluding steroid dienone is 1. The van der Waals surface area contributed by atoms with Gasteiger partial charge in [0.15, 0.2) is 11.4 Å². The summed E-state index contributed by atoms with van der Waals surface area (Å²) in [4.78, 5) is 25.9. The van der Waals surface area contributed by atoms with Crippen LogP contribution < -0.4 is 0 Å². The molecule has 6 aliphatic rings. The van der Waals surface area contributed by atoms with Gasteiger partial charge in [-0.15, -0.1) is 0 Å². The van der Waals surface area contributed by atoms with Gasteiger partial charge in [-0.3, -0.25) is 4.79 Å². The molecule has 2 bridgehead atoms. The van der Waals surface area contributed by atoms with E-state index >= 15 is 0 Å². The van der Waals surface area contributed by atoms with Crippen LogP contribution in [0.5, 0.6) is 0 Å². The number of rotatable bonds is 1. The molecule has 0 unspecified atom stereocenters. The fraction of sp³-hybridized carbons (Fsp3) is 0.857. The summed E-state index contributed by atoms with van der Waals surface area (Å²) in [6, 6.07) is 0. The summed E-state index contributed by atoms with van der Waals surface area (Å²) in [5.41, 5.74) is -6.26. The van der Waals surface area contributed by atoms with E-state index in [2.05, 4.69) is 6.92 Å². The highest BCUT2D eigenvalue weighted by atomic mass is 16.6. The Morgan fingerprint density at radius 2 is 1.60 bits per heavy atom. The van der Waals surface area contributed by atoms with Crippen molar-refractivity contribution in [3.8, 4) is 0 Å². The molecule has 5 fully saturated rings. The predicted octanol–water partition coefficient (Wildman–Crippen LogP) is 2.28. The number of hydrogen-bond donors (Lipinski definition) is 4. The van der Waals surface area contributed by atoms with Crippen LogP contribution >= 0.6 is 0 Å². The van der Waals surface area contributed by atoms with Gasteiger partial charge in [-0.1, -0.05) is 19.9 Å². The molecular weight excluding hydrogens is 448 g/mol. The topological polar surface area (TPSA) is 124 Å². The third-order valence-electron chi connectivity index (χ3n) is 12.8. The Bertz CT molecular complexity index is 1020. The minimum absolute atomic E-state index is 0.0144. The Morgan fingerprint density at radius 1 is 0.914 bits per heavy atom. The van der Waals surface area contributed by atoms with Crippen molar-refractivity contribution in [2.24, 2.45) is 39.9 Å². The second kappa shape index (κ2) is 6.77. The maximum absolute atomic E-state index is 13.2. The lowest BCUT2D eigenvalue weighted by Crippen LogP contribution is -2.70. The molecule has 1 heterocycles. The van der Waals surface area contributed by atoms with Gasteiger partial charge in [-0.25, -0.2) is 4.79 Å². The minimum atomic E-state index is -1.58. The Hall–Kier alpha value is -1.28. The Kier molecular flexibility index (Phi) is 4.66. The van der Waals surface area contributed by atoms with E-state index in [9.17, 15) is 30.0 Å². The smallest absolute Gasteiger partial charge is 0.338 e. The first-order valence-corrected chi connectivity index (χ1v) is 13.4. The molecule has 1 saturated heterocycles. The number of aliphatic hydroxyl groups excluding tert-OH is 1.